The van der Waals surface area contributed by atoms with E-state index >= 15 is 0 Å². The van der Waals surface area contributed by atoms with E-state index in [9.17, 15) is 0 Å². The van der Waals surface area contributed by atoms with Gasteiger partial charge < -0.3 is 5.32 Å². The quantitative estimate of drug-likeness (QED) is 0.818. The van der Waals surface area contributed by atoms with Gasteiger partial charge in [-0.15, -0.1) is 0 Å². The summed E-state index contributed by atoms with van der Waals surface area (Å²) in [6, 6.07) is 8.88. The summed E-state index contributed by atoms with van der Waals surface area (Å²) in [7, 11) is 0. The number of benzene rings is 1. The Kier molecular flexibility index (Phi) is 3.31. The molecule has 1 heterocycles. The predicted molar refractivity (Wildman–Crippen MR) is 68.6 cm³/mol. The summed E-state index contributed by atoms with van der Waals surface area (Å²) in [6.07, 6.45) is 0. The summed E-state index contributed by atoms with van der Waals surface area (Å²) in [4.78, 5) is 2.57. The third kappa shape index (κ3) is 2.28. The normalized spacial score (nSPS) is 18.7. The Morgan fingerprint density at radius 2 is 1.88 bits per heavy atom. The monoisotopic (exact) mass is 218 g/mol. The van der Waals surface area contributed by atoms with Gasteiger partial charge in [-0.3, -0.25) is 4.90 Å². The van der Waals surface area contributed by atoms with Gasteiger partial charge in [0.25, 0.3) is 0 Å². The molecule has 0 saturated carbocycles. The lowest BCUT2D eigenvalue weighted by Gasteiger charge is -2.41. The highest BCUT2D eigenvalue weighted by molar-refractivity contribution is 5.28. The Labute approximate surface area is 98.7 Å². The number of piperazine rings is 1. The first-order chi connectivity index (χ1) is 7.60. The van der Waals surface area contributed by atoms with Gasteiger partial charge in [0.15, 0.2) is 0 Å². The SMILES string of the molecule is Cc1cccc(C(C)(C)N2CCNCC2)c1. The molecule has 0 radical (unpaired) electrons. The molecule has 88 valence electrons. The number of hydrogen-bond donors (Lipinski definition) is 1. The third-order valence-corrected chi connectivity index (χ3v) is 3.63. The number of nitrogens with zero attached hydrogens (tertiary/aromatic N) is 1. The van der Waals surface area contributed by atoms with Crippen molar-refractivity contribution in [1.82, 2.24) is 10.2 Å². The van der Waals surface area contributed by atoms with E-state index in [1.54, 1.807) is 0 Å². The van der Waals surface area contributed by atoms with Crippen LogP contribution in [0.25, 0.3) is 0 Å². The standard InChI is InChI=1S/C14H22N2/c1-12-5-4-6-13(11-12)14(2,3)16-9-7-15-8-10-16/h4-6,11,15H,7-10H2,1-3H3. The van der Waals surface area contributed by atoms with Crippen molar-refractivity contribution < 1.29 is 0 Å². The van der Waals surface area contributed by atoms with Gasteiger partial charge >= 0.3 is 0 Å². The number of hydrogen-bond acceptors (Lipinski definition) is 2. The number of nitrogens with one attached hydrogen (secondary N) is 1. The molecule has 0 amide bonds. The second-order valence-corrected chi connectivity index (χ2v) is 5.17. The van der Waals surface area contributed by atoms with Crippen molar-refractivity contribution in [3.8, 4) is 0 Å². The first kappa shape index (κ1) is 11.6. The van der Waals surface area contributed by atoms with Crippen LogP contribution in [0, 0.1) is 6.92 Å². The molecule has 2 nitrogen and oxygen atoms in total. The fourth-order valence-corrected chi connectivity index (χ4v) is 2.43. The van der Waals surface area contributed by atoms with Gasteiger partial charge in [-0.2, -0.15) is 0 Å². The van der Waals surface area contributed by atoms with E-state index in [2.05, 4.69) is 55.3 Å². The average Bonchev–Trinajstić information content (AvgIpc) is 2.30. The first-order valence-electron chi connectivity index (χ1n) is 6.13. The fraction of sp³-hybridized carbons (Fsp3) is 0.571. The molecule has 0 unspecified atom stereocenters. The van der Waals surface area contributed by atoms with E-state index in [0.717, 1.165) is 26.2 Å². The van der Waals surface area contributed by atoms with E-state index in [0.29, 0.717) is 0 Å². The maximum Gasteiger partial charge on any atom is 0.0405 e. The molecule has 1 aromatic rings. The molecule has 1 aliphatic heterocycles. The van der Waals surface area contributed by atoms with Crippen molar-refractivity contribution in [2.45, 2.75) is 26.3 Å². The zero-order valence-corrected chi connectivity index (χ0v) is 10.6. The molecular formula is C14H22N2. The van der Waals surface area contributed by atoms with E-state index < -0.39 is 0 Å². The molecule has 1 N–H and O–H groups in total. The lowest BCUT2D eigenvalue weighted by Crippen LogP contribution is -2.51. The van der Waals surface area contributed by atoms with E-state index in [1.807, 2.05) is 0 Å². The highest BCUT2D eigenvalue weighted by Crippen LogP contribution is 2.28. The molecule has 2 heteroatoms. The minimum atomic E-state index is 0.147. The molecule has 0 aliphatic carbocycles. The van der Waals surface area contributed by atoms with Gasteiger partial charge in [0.05, 0.1) is 0 Å². The second-order valence-electron chi connectivity index (χ2n) is 5.17. The van der Waals surface area contributed by atoms with Gasteiger partial charge in [-0.25, -0.2) is 0 Å². The van der Waals surface area contributed by atoms with Crippen LogP contribution in [0.5, 0.6) is 0 Å². The zero-order chi connectivity index (χ0) is 11.6. The molecule has 0 bridgehead atoms. The van der Waals surface area contributed by atoms with Gasteiger partial charge in [-0.1, -0.05) is 29.8 Å². The van der Waals surface area contributed by atoms with Crippen molar-refractivity contribution in [3.63, 3.8) is 0 Å². The van der Waals surface area contributed by atoms with Crippen molar-refractivity contribution in [2.24, 2.45) is 0 Å². The molecule has 1 aliphatic rings. The van der Waals surface area contributed by atoms with Gasteiger partial charge in [0.2, 0.25) is 0 Å². The summed E-state index contributed by atoms with van der Waals surface area (Å²) in [6.45, 7) is 11.3. The van der Waals surface area contributed by atoms with Crippen LogP contribution in [0.1, 0.15) is 25.0 Å². The Morgan fingerprint density at radius 3 is 2.50 bits per heavy atom. The van der Waals surface area contributed by atoms with Crippen LogP contribution in [0.2, 0.25) is 0 Å². The minimum Gasteiger partial charge on any atom is -0.314 e. The molecule has 0 spiro atoms. The van der Waals surface area contributed by atoms with Gasteiger partial charge in [0, 0.05) is 31.7 Å². The van der Waals surface area contributed by atoms with Crippen LogP contribution < -0.4 is 5.32 Å². The van der Waals surface area contributed by atoms with Gasteiger partial charge in [-0.05, 0) is 26.3 Å². The lowest BCUT2D eigenvalue weighted by molar-refractivity contribution is 0.102. The van der Waals surface area contributed by atoms with Gasteiger partial charge in [0.1, 0.15) is 0 Å². The summed E-state index contributed by atoms with van der Waals surface area (Å²) in [5.41, 5.74) is 2.92. The fourth-order valence-electron chi connectivity index (χ4n) is 2.43. The van der Waals surface area contributed by atoms with Crippen LogP contribution in [0.3, 0.4) is 0 Å². The van der Waals surface area contributed by atoms with Crippen LogP contribution in [-0.4, -0.2) is 31.1 Å². The summed E-state index contributed by atoms with van der Waals surface area (Å²) in [5.74, 6) is 0. The Hall–Kier alpha value is -0.860. The molecule has 0 atom stereocenters. The summed E-state index contributed by atoms with van der Waals surface area (Å²) >= 11 is 0. The van der Waals surface area contributed by atoms with Crippen molar-refractivity contribution in [2.75, 3.05) is 26.2 Å². The number of aryl methyl sites for hydroxylation is 1. The lowest BCUT2D eigenvalue weighted by atomic mass is 9.90. The van der Waals surface area contributed by atoms with Crippen molar-refractivity contribution >= 4 is 0 Å². The Bertz CT molecular complexity index is 352. The molecular weight excluding hydrogens is 196 g/mol. The van der Waals surface area contributed by atoms with Crippen LogP contribution in [0.15, 0.2) is 24.3 Å². The molecule has 16 heavy (non-hydrogen) atoms. The summed E-state index contributed by atoms with van der Waals surface area (Å²) in [5, 5.41) is 3.41. The Morgan fingerprint density at radius 1 is 1.19 bits per heavy atom. The maximum atomic E-state index is 3.41. The summed E-state index contributed by atoms with van der Waals surface area (Å²) < 4.78 is 0. The minimum absolute atomic E-state index is 0.147. The van der Waals surface area contributed by atoms with E-state index in [4.69, 9.17) is 0 Å². The molecule has 2 rings (SSSR count). The van der Waals surface area contributed by atoms with Crippen molar-refractivity contribution in [3.05, 3.63) is 35.4 Å². The van der Waals surface area contributed by atoms with Crippen LogP contribution in [-0.2, 0) is 5.54 Å². The smallest absolute Gasteiger partial charge is 0.0405 e. The van der Waals surface area contributed by atoms with E-state index in [1.165, 1.54) is 11.1 Å². The third-order valence-electron chi connectivity index (χ3n) is 3.63. The van der Waals surface area contributed by atoms with E-state index in [-0.39, 0.29) is 5.54 Å². The average molecular weight is 218 g/mol. The molecule has 0 aromatic heterocycles. The molecule has 1 fully saturated rings. The predicted octanol–water partition coefficient (Wildman–Crippen LogP) is 2.14. The maximum absolute atomic E-state index is 3.41. The Balaban J connectivity index is 2.22. The second kappa shape index (κ2) is 4.56. The first-order valence-corrected chi connectivity index (χ1v) is 6.13. The van der Waals surface area contributed by atoms with Crippen molar-refractivity contribution in [1.29, 1.82) is 0 Å². The molecule has 1 saturated heterocycles. The highest BCUT2D eigenvalue weighted by Gasteiger charge is 2.29. The molecule has 1 aromatic carbocycles. The highest BCUT2D eigenvalue weighted by atomic mass is 15.2. The zero-order valence-electron chi connectivity index (χ0n) is 10.6. The largest absolute Gasteiger partial charge is 0.314 e. The number of rotatable bonds is 2. The topological polar surface area (TPSA) is 15.3 Å². The van der Waals surface area contributed by atoms with Crippen LogP contribution >= 0.6 is 0 Å². The van der Waals surface area contributed by atoms with Crippen LogP contribution in [0.4, 0.5) is 0 Å².